The van der Waals surface area contributed by atoms with Crippen LogP contribution >= 0.6 is 0 Å². The van der Waals surface area contributed by atoms with Gasteiger partial charge in [0.25, 0.3) is 0 Å². The lowest BCUT2D eigenvalue weighted by Gasteiger charge is -2.46. The summed E-state index contributed by atoms with van der Waals surface area (Å²) >= 11 is 0. The van der Waals surface area contributed by atoms with Gasteiger partial charge in [0.2, 0.25) is 0 Å². The van der Waals surface area contributed by atoms with Crippen molar-refractivity contribution in [2.75, 3.05) is 4.90 Å². The molecule has 0 aromatic heterocycles. The van der Waals surface area contributed by atoms with E-state index in [9.17, 15) is 0 Å². The van der Waals surface area contributed by atoms with Gasteiger partial charge in [-0.3, -0.25) is 0 Å². The summed E-state index contributed by atoms with van der Waals surface area (Å²) in [5, 5.41) is 0. The largest absolute Gasteiger partial charge is 0.309 e. The van der Waals surface area contributed by atoms with Crippen LogP contribution in [-0.2, 0) is 29.1 Å². The van der Waals surface area contributed by atoms with E-state index in [1.165, 1.54) is 66.8 Å². The van der Waals surface area contributed by atoms with E-state index in [0.717, 1.165) is 47.5 Å². The zero-order valence-electron chi connectivity index (χ0n) is 37.6. The second kappa shape index (κ2) is 16.1. The Labute approximate surface area is 370 Å². The van der Waals surface area contributed by atoms with Crippen molar-refractivity contribution in [1.29, 1.82) is 0 Å². The third kappa shape index (κ3) is 7.38. The summed E-state index contributed by atoms with van der Waals surface area (Å²) in [6.45, 7) is 20.9. The van der Waals surface area contributed by atoms with E-state index in [2.05, 4.69) is 235 Å². The third-order valence-electron chi connectivity index (χ3n) is 13.3. The SMILES string of the molecule is C=C(/C(=C\C=C/C)N(c1ccc(C2=CCC=CC=C2)cc1)c1cccc2c1-c1ccccc1C1(Cc3cc(C(C)(C)C)ccc3-c3ccc(C(C)(C)C)cc31)C2)c1ccccc1. The monoisotopic (exact) mass is 805 g/mol. The fraction of sp³-hybridized carbons (Fsp3) is 0.213. The summed E-state index contributed by atoms with van der Waals surface area (Å²) in [5.41, 5.74) is 21.3. The molecule has 0 bridgehead atoms. The van der Waals surface area contributed by atoms with Crippen LogP contribution in [-0.4, -0.2) is 0 Å². The molecule has 0 radical (unpaired) electrons. The Morgan fingerprint density at radius 2 is 1.34 bits per heavy atom. The van der Waals surface area contributed by atoms with Crippen LogP contribution in [0.1, 0.15) is 99.4 Å². The molecular formula is C61H59N. The van der Waals surface area contributed by atoms with E-state index < -0.39 is 0 Å². The molecule has 0 amide bonds. The Bertz CT molecular complexity index is 2840. The van der Waals surface area contributed by atoms with E-state index in [-0.39, 0.29) is 16.2 Å². The number of hydrogen-bond acceptors (Lipinski definition) is 1. The van der Waals surface area contributed by atoms with Crippen LogP contribution in [0.3, 0.4) is 0 Å². The van der Waals surface area contributed by atoms with Crippen LogP contribution in [0.5, 0.6) is 0 Å². The standard InChI is InChI=1S/C61H59N/c1-9-10-28-56(42(2)43-21-16-13-17-22-43)62(50-34-30-45(31-35-50)44-23-14-11-12-15-24-44)57-29-20-25-46-40-61(54-27-19-18-26-53(54)58(46)57)41-47-38-48(59(3,4)5)32-36-51(47)52-37-33-49(39-55(52)61)60(6,7)8/h9-14,16-39H,2,15,40-41H2,1,3-8H3/b10-9-,56-28+. The van der Waals surface area contributed by atoms with E-state index >= 15 is 0 Å². The summed E-state index contributed by atoms with van der Waals surface area (Å²) in [5.74, 6) is 0. The maximum atomic E-state index is 4.81. The van der Waals surface area contributed by atoms with Gasteiger partial charge < -0.3 is 4.90 Å². The summed E-state index contributed by atoms with van der Waals surface area (Å²) in [4.78, 5) is 2.46. The van der Waals surface area contributed by atoms with Gasteiger partial charge in [-0.25, -0.2) is 0 Å². The Balaban J connectivity index is 1.28. The molecule has 1 spiro atoms. The van der Waals surface area contributed by atoms with Crippen molar-refractivity contribution in [2.45, 2.75) is 84.0 Å². The van der Waals surface area contributed by atoms with Crippen LogP contribution in [0.15, 0.2) is 194 Å². The van der Waals surface area contributed by atoms with E-state index in [0.29, 0.717) is 0 Å². The molecule has 308 valence electrons. The molecule has 1 nitrogen and oxygen atoms in total. The number of rotatable bonds is 7. The molecule has 3 aliphatic rings. The summed E-state index contributed by atoms with van der Waals surface area (Å²) in [6.07, 6.45) is 20.2. The minimum atomic E-state index is -0.263. The third-order valence-corrected chi connectivity index (χ3v) is 13.3. The molecule has 1 heteroatoms. The first-order valence-electron chi connectivity index (χ1n) is 22.4. The predicted molar refractivity (Wildman–Crippen MR) is 267 cm³/mol. The minimum absolute atomic E-state index is 0.0125. The van der Waals surface area contributed by atoms with Crippen LogP contribution < -0.4 is 4.90 Å². The molecule has 9 rings (SSSR count). The van der Waals surface area contributed by atoms with Crippen LogP contribution in [0, 0.1) is 0 Å². The molecule has 0 saturated carbocycles. The van der Waals surface area contributed by atoms with Gasteiger partial charge in [-0.2, -0.15) is 0 Å². The van der Waals surface area contributed by atoms with E-state index in [1.807, 2.05) is 0 Å². The molecule has 0 heterocycles. The normalized spacial score (nSPS) is 16.9. The lowest BCUT2D eigenvalue weighted by atomic mass is 9.57. The highest BCUT2D eigenvalue weighted by atomic mass is 15.2. The zero-order chi connectivity index (χ0) is 43.2. The van der Waals surface area contributed by atoms with Gasteiger partial charge in [-0.1, -0.05) is 206 Å². The summed E-state index contributed by atoms with van der Waals surface area (Å²) in [7, 11) is 0. The molecular weight excluding hydrogens is 747 g/mol. The molecule has 0 saturated heterocycles. The molecule has 0 fully saturated rings. The quantitative estimate of drug-likeness (QED) is 0.145. The van der Waals surface area contributed by atoms with Gasteiger partial charge in [0.05, 0.1) is 11.4 Å². The minimum Gasteiger partial charge on any atom is -0.309 e. The van der Waals surface area contributed by atoms with Crippen molar-refractivity contribution >= 4 is 22.5 Å². The van der Waals surface area contributed by atoms with Gasteiger partial charge in [0, 0.05) is 16.7 Å². The molecule has 3 aliphatic carbocycles. The fourth-order valence-electron chi connectivity index (χ4n) is 9.99. The molecule has 6 aromatic rings. The van der Waals surface area contributed by atoms with Crippen molar-refractivity contribution in [3.63, 3.8) is 0 Å². The average Bonchev–Trinajstić information content (AvgIpc) is 3.57. The smallest absolute Gasteiger partial charge is 0.0543 e. The molecule has 0 aliphatic heterocycles. The van der Waals surface area contributed by atoms with E-state index in [4.69, 9.17) is 6.58 Å². The van der Waals surface area contributed by atoms with Crippen molar-refractivity contribution < 1.29 is 0 Å². The highest BCUT2D eigenvalue weighted by Crippen LogP contribution is 2.57. The Kier molecular flexibility index (Phi) is 10.6. The average molecular weight is 806 g/mol. The van der Waals surface area contributed by atoms with Crippen LogP contribution in [0.25, 0.3) is 33.4 Å². The van der Waals surface area contributed by atoms with Gasteiger partial charge in [0.15, 0.2) is 0 Å². The molecule has 62 heavy (non-hydrogen) atoms. The highest BCUT2D eigenvalue weighted by molar-refractivity contribution is 5.96. The lowest BCUT2D eigenvalue weighted by Crippen LogP contribution is -2.39. The summed E-state index contributed by atoms with van der Waals surface area (Å²) < 4.78 is 0. The van der Waals surface area contributed by atoms with Crippen LogP contribution in [0.4, 0.5) is 11.4 Å². The number of fused-ring (bicyclic) bond motifs is 8. The summed E-state index contributed by atoms with van der Waals surface area (Å²) in [6, 6.07) is 50.7. The molecule has 1 atom stereocenters. The second-order valence-electron chi connectivity index (χ2n) is 19.4. The Hall–Kier alpha value is -6.44. The maximum Gasteiger partial charge on any atom is 0.0543 e. The van der Waals surface area contributed by atoms with Gasteiger partial charge in [-0.15, -0.1) is 0 Å². The van der Waals surface area contributed by atoms with Crippen molar-refractivity contribution in [1.82, 2.24) is 0 Å². The van der Waals surface area contributed by atoms with Gasteiger partial charge in [0.1, 0.15) is 0 Å². The lowest BCUT2D eigenvalue weighted by molar-refractivity contribution is 0.492. The first-order chi connectivity index (χ1) is 29.9. The number of allylic oxidation sites excluding steroid dienone is 10. The van der Waals surface area contributed by atoms with E-state index in [1.54, 1.807) is 0 Å². The Morgan fingerprint density at radius 1 is 0.645 bits per heavy atom. The maximum absolute atomic E-state index is 4.81. The Morgan fingerprint density at radius 3 is 2.08 bits per heavy atom. The first kappa shape index (κ1) is 40.9. The van der Waals surface area contributed by atoms with Crippen molar-refractivity contribution in [2.24, 2.45) is 0 Å². The number of nitrogens with zero attached hydrogens (tertiary/aromatic N) is 1. The predicted octanol–water partition coefficient (Wildman–Crippen LogP) is 16.2. The molecule has 0 N–H and O–H groups in total. The van der Waals surface area contributed by atoms with Crippen molar-refractivity contribution in [3.05, 3.63) is 239 Å². The highest BCUT2D eigenvalue weighted by Gasteiger charge is 2.46. The number of hydrogen-bond donors (Lipinski definition) is 0. The second-order valence-corrected chi connectivity index (χ2v) is 19.4. The first-order valence-corrected chi connectivity index (χ1v) is 22.4. The van der Waals surface area contributed by atoms with Gasteiger partial charge in [-0.05, 0) is 134 Å². The van der Waals surface area contributed by atoms with Gasteiger partial charge >= 0.3 is 0 Å². The fourth-order valence-corrected chi connectivity index (χ4v) is 9.99. The zero-order valence-corrected chi connectivity index (χ0v) is 37.6. The topological polar surface area (TPSA) is 3.24 Å². The number of benzene rings is 6. The number of anilines is 2. The van der Waals surface area contributed by atoms with Crippen molar-refractivity contribution in [3.8, 4) is 22.3 Å². The van der Waals surface area contributed by atoms with Crippen LogP contribution in [0.2, 0.25) is 0 Å². The molecule has 6 aromatic carbocycles. The molecule has 1 unspecified atom stereocenters.